The summed E-state index contributed by atoms with van der Waals surface area (Å²) in [6.45, 7) is 4.77. The van der Waals surface area contributed by atoms with Crippen LogP contribution in [-0.4, -0.2) is 73.4 Å². The Bertz CT molecular complexity index is 1830. The highest BCUT2D eigenvalue weighted by Crippen LogP contribution is 2.43. The van der Waals surface area contributed by atoms with Crippen LogP contribution in [0.25, 0.3) is 0 Å². The zero-order valence-corrected chi connectivity index (χ0v) is 56.0. The van der Waals surface area contributed by atoms with Gasteiger partial charge in [0.25, 0.3) is 0 Å². The van der Waals surface area contributed by atoms with Crippen molar-refractivity contribution >= 4 is 13.7 Å². The quantitative estimate of drug-likeness (QED) is 0.0243. The molecule has 482 valence electrons. The molecule has 0 aromatic heterocycles. The third-order valence-electron chi connectivity index (χ3n) is 14.9. The number of rotatable bonds is 62. The van der Waals surface area contributed by atoms with E-state index in [1.54, 1.807) is 0 Å². The summed E-state index contributed by atoms with van der Waals surface area (Å²) < 4.78 is 23.9. The first-order valence-corrected chi connectivity index (χ1v) is 36.0. The van der Waals surface area contributed by atoms with Crippen LogP contribution < -0.4 is 5.32 Å². The molecule has 0 aliphatic heterocycles. The average molecular weight is 1190 g/mol. The third-order valence-corrected chi connectivity index (χ3v) is 15.9. The number of nitrogens with one attached hydrogen (secondary N) is 1. The first-order chi connectivity index (χ1) is 41.0. The standard InChI is InChI=1S/C75H131N2O6P/c1-6-8-10-12-14-16-18-20-22-24-26-28-30-31-32-33-34-35-36-37-38-39-40-41-42-43-44-45-47-49-51-53-55-57-59-61-63-65-67-69-75(79)76-73(72-83-84(80,81)82-71-70-77(3,4)5)74(78)68-66-64-62-60-58-56-54-52-50-48-46-29-27-25-23-21-19-17-15-13-11-9-7-2/h8,10,14,16,20,22,26,28,31-32,34-35,37-38,40-41,43-44,47,49,53,55,73-74,78H,6-7,9,11-13,15,17-19,21,23-25,27,29-30,33,36,39,42,45-46,48,50-52,54,56-72H2,1-5H3,(H-,76,79,80,81)/p+1/b10-8-,16-14-,22-20-,28-26-,32-31-,35-34-,38-37-,41-40-,44-43-,49-47-,55-53-. The number of hydrogen-bond acceptors (Lipinski definition) is 5. The van der Waals surface area contributed by atoms with Crippen LogP contribution in [0.3, 0.4) is 0 Å². The number of phosphoric acid groups is 1. The van der Waals surface area contributed by atoms with Gasteiger partial charge >= 0.3 is 7.82 Å². The number of quaternary nitrogens is 1. The maximum atomic E-state index is 13.1. The number of nitrogens with zero attached hydrogens (tertiary/aromatic N) is 1. The van der Waals surface area contributed by atoms with E-state index in [0.717, 1.165) is 128 Å². The van der Waals surface area contributed by atoms with Crippen molar-refractivity contribution in [3.63, 3.8) is 0 Å². The molecular weight excluding hydrogens is 1060 g/mol. The number of hydrogen-bond donors (Lipinski definition) is 3. The van der Waals surface area contributed by atoms with Crippen LogP contribution in [0.4, 0.5) is 0 Å². The van der Waals surface area contributed by atoms with Gasteiger partial charge in [0.2, 0.25) is 5.91 Å². The molecule has 0 bridgehead atoms. The Kier molecular flexibility index (Phi) is 61.6. The molecule has 0 radical (unpaired) electrons. The van der Waals surface area contributed by atoms with E-state index in [0.29, 0.717) is 23.9 Å². The van der Waals surface area contributed by atoms with Gasteiger partial charge < -0.3 is 19.8 Å². The number of amides is 1. The van der Waals surface area contributed by atoms with Gasteiger partial charge in [-0.2, -0.15) is 0 Å². The molecule has 0 saturated heterocycles. The van der Waals surface area contributed by atoms with Gasteiger partial charge in [-0.05, 0) is 96.3 Å². The Balaban J connectivity index is 4.17. The lowest BCUT2D eigenvalue weighted by Crippen LogP contribution is -2.46. The predicted octanol–water partition coefficient (Wildman–Crippen LogP) is 22.2. The summed E-state index contributed by atoms with van der Waals surface area (Å²) in [5.74, 6) is -0.165. The summed E-state index contributed by atoms with van der Waals surface area (Å²) >= 11 is 0. The van der Waals surface area contributed by atoms with E-state index in [4.69, 9.17) is 9.05 Å². The molecule has 3 N–H and O–H groups in total. The van der Waals surface area contributed by atoms with Gasteiger partial charge in [0, 0.05) is 6.42 Å². The molecule has 0 heterocycles. The molecule has 0 aliphatic carbocycles. The third kappa shape index (κ3) is 66.2. The van der Waals surface area contributed by atoms with Crippen molar-refractivity contribution in [1.29, 1.82) is 0 Å². The van der Waals surface area contributed by atoms with Gasteiger partial charge in [-0.25, -0.2) is 4.57 Å². The molecule has 1 amide bonds. The Labute approximate surface area is 519 Å². The molecule has 84 heavy (non-hydrogen) atoms. The minimum atomic E-state index is -4.34. The summed E-state index contributed by atoms with van der Waals surface area (Å²) in [6, 6.07) is -0.782. The van der Waals surface area contributed by atoms with E-state index in [-0.39, 0.29) is 19.1 Å². The minimum Gasteiger partial charge on any atom is -0.391 e. The second-order valence-electron chi connectivity index (χ2n) is 24.2. The zero-order chi connectivity index (χ0) is 61.2. The van der Waals surface area contributed by atoms with Crippen molar-refractivity contribution in [3.05, 3.63) is 134 Å². The molecule has 0 fully saturated rings. The fourth-order valence-corrected chi connectivity index (χ4v) is 10.3. The summed E-state index contributed by atoms with van der Waals surface area (Å²) in [7, 11) is 1.59. The van der Waals surface area contributed by atoms with E-state index in [2.05, 4.69) is 153 Å². The highest BCUT2D eigenvalue weighted by Gasteiger charge is 2.28. The van der Waals surface area contributed by atoms with Gasteiger partial charge in [-0.3, -0.25) is 13.8 Å². The van der Waals surface area contributed by atoms with E-state index < -0.39 is 20.0 Å². The number of phosphoric ester groups is 1. The number of carbonyl (C=O) groups is 1. The number of aliphatic hydroxyl groups is 1. The van der Waals surface area contributed by atoms with Crippen molar-refractivity contribution in [2.75, 3.05) is 40.9 Å². The molecular formula is C75H132N2O6P+. The highest BCUT2D eigenvalue weighted by atomic mass is 31.2. The van der Waals surface area contributed by atoms with E-state index >= 15 is 0 Å². The summed E-state index contributed by atoms with van der Waals surface area (Å²) in [6.07, 6.45) is 96.8. The molecule has 0 saturated carbocycles. The molecule has 3 unspecified atom stereocenters. The van der Waals surface area contributed by atoms with Crippen molar-refractivity contribution in [3.8, 4) is 0 Å². The second kappa shape index (κ2) is 64.1. The fraction of sp³-hybridized carbons (Fsp3) is 0.693. The normalized spacial score (nSPS) is 14.5. The van der Waals surface area contributed by atoms with Crippen LogP contribution in [0.2, 0.25) is 0 Å². The maximum absolute atomic E-state index is 13.1. The Morgan fingerprint density at radius 3 is 1.05 bits per heavy atom. The van der Waals surface area contributed by atoms with Crippen LogP contribution in [-0.2, 0) is 18.4 Å². The predicted molar refractivity (Wildman–Crippen MR) is 368 cm³/mol. The second-order valence-corrected chi connectivity index (χ2v) is 25.6. The molecule has 0 aromatic carbocycles. The van der Waals surface area contributed by atoms with Crippen LogP contribution in [0.5, 0.6) is 0 Å². The molecule has 3 atom stereocenters. The molecule has 8 nitrogen and oxygen atoms in total. The molecule has 0 aromatic rings. The maximum Gasteiger partial charge on any atom is 0.472 e. The van der Waals surface area contributed by atoms with Crippen LogP contribution in [0.1, 0.15) is 284 Å². The summed E-state index contributed by atoms with van der Waals surface area (Å²) in [4.78, 5) is 23.4. The van der Waals surface area contributed by atoms with Crippen molar-refractivity contribution < 1.29 is 32.9 Å². The van der Waals surface area contributed by atoms with Crippen LogP contribution in [0, 0.1) is 0 Å². The average Bonchev–Trinajstić information content (AvgIpc) is 3.56. The van der Waals surface area contributed by atoms with E-state index in [9.17, 15) is 19.4 Å². The zero-order valence-electron chi connectivity index (χ0n) is 55.1. The molecule has 0 rings (SSSR count). The lowest BCUT2D eigenvalue weighted by Gasteiger charge is -2.26. The van der Waals surface area contributed by atoms with Gasteiger partial charge in [0.1, 0.15) is 13.2 Å². The first-order valence-electron chi connectivity index (χ1n) is 34.5. The van der Waals surface area contributed by atoms with Crippen molar-refractivity contribution in [1.82, 2.24) is 5.32 Å². The first kappa shape index (κ1) is 80.6. The number of allylic oxidation sites excluding steroid dienone is 22. The highest BCUT2D eigenvalue weighted by molar-refractivity contribution is 7.47. The van der Waals surface area contributed by atoms with E-state index in [1.807, 2.05) is 21.1 Å². The van der Waals surface area contributed by atoms with Crippen LogP contribution in [0.15, 0.2) is 134 Å². The SMILES string of the molecule is CC/C=C\C/C=C\C/C=C\C/C=C\C/C=C\C/C=C\C/C=C\C/C=C\C/C=C\C/C=C\C/C=C\CCCCCCCC(=O)NC(COP(=O)(O)OCC[N+](C)(C)C)C(O)CCCCCCCCCCCCCCCCCCCCCCCCC. The van der Waals surface area contributed by atoms with Gasteiger partial charge in [0.05, 0.1) is 39.9 Å². The van der Waals surface area contributed by atoms with Gasteiger partial charge in [-0.1, -0.05) is 314 Å². The van der Waals surface area contributed by atoms with Crippen molar-refractivity contribution in [2.45, 2.75) is 296 Å². The summed E-state index contributed by atoms with van der Waals surface area (Å²) in [5, 5.41) is 14.1. The van der Waals surface area contributed by atoms with Gasteiger partial charge in [-0.15, -0.1) is 0 Å². The molecule has 9 heteroatoms. The Morgan fingerprint density at radius 1 is 0.417 bits per heavy atom. The Hall–Kier alpha value is -3.36. The largest absolute Gasteiger partial charge is 0.472 e. The van der Waals surface area contributed by atoms with Crippen molar-refractivity contribution in [2.24, 2.45) is 0 Å². The smallest absolute Gasteiger partial charge is 0.391 e. The summed E-state index contributed by atoms with van der Waals surface area (Å²) in [5.41, 5.74) is 0. The topological polar surface area (TPSA) is 105 Å². The monoisotopic (exact) mass is 1190 g/mol. The Morgan fingerprint density at radius 2 is 0.714 bits per heavy atom. The lowest BCUT2D eigenvalue weighted by atomic mass is 10.0. The fourth-order valence-electron chi connectivity index (χ4n) is 9.58. The number of likely N-dealkylation sites (N-methyl/N-ethyl adjacent to an activating group) is 1. The number of aliphatic hydroxyl groups excluding tert-OH is 1. The minimum absolute atomic E-state index is 0.0643. The number of unbranched alkanes of at least 4 members (excludes halogenated alkanes) is 27. The lowest BCUT2D eigenvalue weighted by molar-refractivity contribution is -0.870. The molecule has 0 aliphatic rings. The van der Waals surface area contributed by atoms with E-state index in [1.165, 1.54) is 128 Å². The number of carbonyl (C=O) groups excluding carboxylic acids is 1. The van der Waals surface area contributed by atoms with Crippen LogP contribution >= 0.6 is 7.82 Å². The molecule has 0 spiro atoms. The van der Waals surface area contributed by atoms with Gasteiger partial charge in [0.15, 0.2) is 0 Å².